The standard InChI is InChI=1S/C11H10FNOS.C11H8FNOS.CH4/c2*1-7(14)10-6-13-11(15-10)8-2-4-9(12)5-3-8;/h2-7,14H,1H3;2-6H,1H3;1H4. The number of rotatable bonds is 4. The highest BCUT2D eigenvalue weighted by Crippen LogP contribution is 2.28. The minimum absolute atomic E-state index is 0. The molecule has 0 spiro atoms. The summed E-state index contributed by atoms with van der Waals surface area (Å²) in [6, 6.07) is 12.2. The van der Waals surface area contributed by atoms with Crippen LogP contribution in [0.5, 0.6) is 0 Å². The first-order valence-electron chi connectivity index (χ1n) is 8.96. The molecule has 0 bridgehead atoms. The lowest BCUT2D eigenvalue weighted by Crippen LogP contribution is -1.83. The molecule has 8 heteroatoms. The van der Waals surface area contributed by atoms with E-state index in [9.17, 15) is 18.7 Å². The fraction of sp³-hybridized carbons (Fsp3) is 0.174. The van der Waals surface area contributed by atoms with Gasteiger partial charge in [0.25, 0.3) is 0 Å². The van der Waals surface area contributed by atoms with E-state index in [4.69, 9.17) is 0 Å². The Morgan fingerprint density at radius 1 is 0.871 bits per heavy atom. The van der Waals surface area contributed by atoms with E-state index < -0.39 is 6.10 Å². The van der Waals surface area contributed by atoms with Gasteiger partial charge in [0.15, 0.2) is 5.78 Å². The van der Waals surface area contributed by atoms with Crippen LogP contribution in [0.3, 0.4) is 0 Å². The van der Waals surface area contributed by atoms with Gasteiger partial charge in [-0.1, -0.05) is 7.43 Å². The number of benzene rings is 2. The Balaban J connectivity index is 0.000000213. The summed E-state index contributed by atoms with van der Waals surface area (Å²) in [5.74, 6) is -0.533. The molecule has 1 atom stereocenters. The minimum atomic E-state index is -0.503. The third kappa shape index (κ3) is 6.58. The normalized spacial score (nSPS) is 11.1. The largest absolute Gasteiger partial charge is 0.388 e. The van der Waals surface area contributed by atoms with E-state index in [-0.39, 0.29) is 24.8 Å². The summed E-state index contributed by atoms with van der Waals surface area (Å²) in [5, 5.41) is 10.9. The summed E-state index contributed by atoms with van der Waals surface area (Å²) in [5.41, 5.74) is 1.70. The van der Waals surface area contributed by atoms with Gasteiger partial charge in [-0.05, 0) is 55.5 Å². The fourth-order valence-corrected chi connectivity index (χ4v) is 4.04. The van der Waals surface area contributed by atoms with Crippen molar-refractivity contribution in [2.24, 2.45) is 0 Å². The van der Waals surface area contributed by atoms with E-state index in [2.05, 4.69) is 9.97 Å². The molecule has 0 aliphatic rings. The molecule has 2 aromatic carbocycles. The van der Waals surface area contributed by atoms with E-state index >= 15 is 0 Å². The lowest BCUT2D eigenvalue weighted by molar-refractivity contribution is 0.102. The summed E-state index contributed by atoms with van der Waals surface area (Å²) in [6.07, 6.45) is 2.69. The monoisotopic (exact) mass is 460 g/mol. The number of thiazole rings is 2. The number of aromatic nitrogens is 2. The lowest BCUT2D eigenvalue weighted by atomic mass is 10.2. The van der Waals surface area contributed by atoms with Crippen LogP contribution in [0.1, 0.15) is 41.9 Å². The van der Waals surface area contributed by atoms with Crippen LogP contribution in [0.2, 0.25) is 0 Å². The summed E-state index contributed by atoms with van der Waals surface area (Å²) in [7, 11) is 0. The van der Waals surface area contributed by atoms with E-state index in [0.29, 0.717) is 4.88 Å². The molecule has 0 saturated heterocycles. The molecule has 0 saturated carbocycles. The fourth-order valence-electron chi connectivity index (χ4n) is 2.37. The molecule has 0 radical (unpaired) electrons. The molecule has 0 aliphatic heterocycles. The molecule has 1 unspecified atom stereocenters. The molecule has 0 aliphatic carbocycles. The maximum Gasteiger partial charge on any atom is 0.171 e. The zero-order valence-electron chi connectivity index (χ0n) is 16.2. The second-order valence-electron chi connectivity index (χ2n) is 6.34. The van der Waals surface area contributed by atoms with Gasteiger partial charge in [0.05, 0.1) is 15.9 Å². The molecule has 2 aromatic heterocycles. The van der Waals surface area contributed by atoms with Crippen molar-refractivity contribution in [3.05, 3.63) is 82.3 Å². The molecule has 31 heavy (non-hydrogen) atoms. The van der Waals surface area contributed by atoms with E-state index in [1.54, 1.807) is 43.6 Å². The number of halogens is 2. The highest BCUT2D eigenvalue weighted by molar-refractivity contribution is 7.17. The van der Waals surface area contributed by atoms with Gasteiger partial charge >= 0.3 is 0 Å². The van der Waals surface area contributed by atoms with E-state index in [1.165, 1.54) is 53.9 Å². The molecular weight excluding hydrogens is 438 g/mol. The molecule has 162 valence electrons. The van der Waals surface area contributed by atoms with Gasteiger partial charge in [0.1, 0.15) is 21.6 Å². The van der Waals surface area contributed by atoms with Gasteiger partial charge in [-0.2, -0.15) is 0 Å². The Labute approximate surface area is 187 Å². The lowest BCUT2D eigenvalue weighted by Gasteiger charge is -1.97. The predicted molar refractivity (Wildman–Crippen MR) is 122 cm³/mol. The summed E-state index contributed by atoms with van der Waals surface area (Å²) in [6.45, 7) is 3.20. The molecule has 0 amide bonds. The van der Waals surface area contributed by atoms with Gasteiger partial charge in [0, 0.05) is 30.4 Å². The first kappa shape index (κ1) is 24.5. The van der Waals surface area contributed by atoms with Crippen molar-refractivity contribution in [3.8, 4) is 21.1 Å². The Morgan fingerprint density at radius 3 is 1.71 bits per heavy atom. The van der Waals surface area contributed by atoms with Gasteiger partial charge in [-0.25, -0.2) is 18.7 Å². The smallest absolute Gasteiger partial charge is 0.171 e. The number of carbonyl (C=O) groups excluding carboxylic acids is 1. The average Bonchev–Trinajstić information content (AvgIpc) is 3.40. The van der Waals surface area contributed by atoms with Crippen molar-refractivity contribution in [2.75, 3.05) is 0 Å². The van der Waals surface area contributed by atoms with Crippen molar-refractivity contribution in [1.29, 1.82) is 0 Å². The Bertz CT molecular complexity index is 1120. The number of aliphatic hydroxyl groups excluding tert-OH is 1. The summed E-state index contributed by atoms with van der Waals surface area (Å²) in [4.78, 5) is 20.8. The topological polar surface area (TPSA) is 63.1 Å². The Hall–Kier alpha value is -2.81. The van der Waals surface area contributed by atoms with Crippen molar-refractivity contribution >= 4 is 28.5 Å². The highest BCUT2D eigenvalue weighted by Gasteiger charge is 2.09. The van der Waals surface area contributed by atoms with Crippen molar-refractivity contribution in [2.45, 2.75) is 27.4 Å². The molecule has 4 nitrogen and oxygen atoms in total. The zero-order chi connectivity index (χ0) is 21.7. The van der Waals surface area contributed by atoms with Gasteiger partial charge in [0.2, 0.25) is 0 Å². The summed E-state index contributed by atoms with van der Waals surface area (Å²) < 4.78 is 25.3. The van der Waals surface area contributed by atoms with Crippen LogP contribution in [-0.2, 0) is 0 Å². The number of carbonyl (C=O) groups is 1. The van der Waals surface area contributed by atoms with Crippen LogP contribution < -0.4 is 0 Å². The first-order chi connectivity index (χ1) is 14.3. The Kier molecular flexibility index (Phi) is 8.67. The first-order valence-corrected chi connectivity index (χ1v) is 10.6. The van der Waals surface area contributed by atoms with Crippen LogP contribution in [0, 0.1) is 11.6 Å². The Morgan fingerprint density at radius 2 is 1.32 bits per heavy atom. The molecule has 0 fully saturated rings. The van der Waals surface area contributed by atoms with Crippen LogP contribution in [0.4, 0.5) is 8.78 Å². The van der Waals surface area contributed by atoms with Crippen LogP contribution in [0.25, 0.3) is 21.1 Å². The SMILES string of the molecule is C.CC(=O)c1cnc(-c2ccc(F)cc2)s1.CC(O)c1cnc(-c2ccc(F)cc2)s1. The predicted octanol–water partition coefficient (Wildman–Crippen LogP) is 6.79. The van der Waals surface area contributed by atoms with Crippen LogP contribution in [-0.4, -0.2) is 20.9 Å². The van der Waals surface area contributed by atoms with E-state index in [1.807, 2.05) is 0 Å². The second-order valence-corrected chi connectivity index (χ2v) is 8.44. The van der Waals surface area contributed by atoms with E-state index in [0.717, 1.165) is 26.0 Å². The molecule has 1 N–H and O–H groups in total. The zero-order valence-corrected chi connectivity index (χ0v) is 17.8. The van der Waals surface area contributed by atoms with Crippen molar-refractivity contribution < 1.29 is 18.7 Å². The number of Topliss-reactive ketones (excluding diaryl/α,β-unsaturated/α-hetero) is 1. The van der Waals surface area contributed by atoms with Gasteiger partial charge in [-0.3, -0.25) is 4.79 Å². The second kappa shape index (κ2) is 11.0. The highest BCUT2D eigenvalue weighted by atomic mass is 32.1. The summed E-state index contributed by atoms with van der Waals surface area (Å²) >= 11 is 2.73. The number of nitrogens with zero attached hydrogens (tertiary/aromatic N) is 2. The third-order valence-corrected chi connectivity index (χ3v) is 6.33. The van der Waals surface area contributed by atoms with Crippen molar-refractivity contribution in [3.63, 3.8) is 0 Å². The molecule has 4 aromatic rings. The quantitative estimate of drug-likeness (QED) is 0.341. The average molecular weight is 461 g/mol. The number of hydrogen-bond donors (Lipinski definition) is 1. The van der Waals surface area contributed by atoms with Gasteiger partial charge < -0.3 is 5.11 Å². The molecular formula is C23H22F2N2O2S2. The molecule has 2 heterocycles. The maximum absolute atomic E-state index is 12.7. The van der Waals surface area contributed by atoms with Crippen molar-refractivity contribution in [1.82, 2.24) is 9.97 Å². The minimum Gasteiger partial charge on any atom is -0.388 e. The molecule has 4 rings (SSSR count). The van der Waals surface area contributed by atoms with Crippen LogP contribution >= 0.6 is 22.7 Å². The third-order valence-electron chi connectivity index (χ3n) is 3.97. The maximum atomic E-state index is 12.7. The number of hydrogen-bond acceptors (Lipinski definition) is 6. The van der Waals surface area contributed by atoms with Crippen LogP contribution in [0.15, 0.2) is 60.9 Å². The number of ketones is 1. The number of aliphatic hydroxyl groups is 1. The van der Waals surface area contributed by atoms with Gasteiger partial charge in [-0.15, -0.1) is 22.7 Å².